The van der Waals surface area contributed by atoms with Crippen LogP contribution in [0.5, 0.6) is 0 Å². The number of benzene rings is 7. The van der Waals surface area contributed by atoms with E-state index in [0.717, 1.165) is 33.1 Å². The van der Waals surface area contributed by atoms with Gasteiger partial charge in [-0.2, -0.15) is 0 Å². The summed E-state index contributed by atoms with van der Waals surface area (Å²) in [6.45, 7) is 0. The molecule has 44 heavy (non-hydrogen) atoms. The third kappa shape index (κ3) is 3.20. The van der Waals surface area contributed by atoms with Gasteiger partial charge in [-0.25, -0.2) is 9.97 Å². The molecule has 204 valence electrons. The summed E-state index contributed by atoms with van der Waals surface area (Å²) in [7, 11) is 0. The first-order valence-corrected chi connectivity index (χ1v) is 14.8. The van der Waals surface area contributed by atoms with Gasteiger partial charge in [-0.1, -0.05) is 121 Å². The van der Waals surface area contributed by atoms with Crippen LogP contribution >= 0.6 is 11.3 Å². The van der Waals surface area contributed by atoms with Crippen molar-refractivity contribution in [1.29, 1.82) is 0 Å². The molecule has 0 saturated heterocycles. The summed E-state index contributed by atoms with van der Waals surface area (Å²) in [6.07, 6.45) is 0. The van der Waals surface area contributed by atoms with Gasteiger partial charge in [0.1, 0.15) is 0 Å². The van der Waals surface area contributed by atoms with Gasteiger partial charge < -0.3 is 0 Å². The van der Waals surface area contributed by atoms with Crippen molar-refractivity contribution in [2.75, 3.05) is 0 Å². The molecular weight excluding hydrogens is 555 g/mol. The van der Waals surface area contributed by atoms with E-state index in [-0.39, 0.29) is 84.2 Å². The van der Waals surface area contributed by atoms with Gasteiger partial charge in [-0.3, -0.25) is 4.57 Å². The first kappa shape index (κ1) is 15.8. The highest BCUT2D eigenvalue weighted by Gasteiger charge is 2.23. The number of para-hydroxylation sites is 1. The average Bonchev–Trinajstić information content (AvgIpc) is 3.77. The Balaban J connectivity index is 1.57. The molecule has 10 aromatic rings. The fraction of sp³-hybridized carbons (Fsp3) is 0. The van der Waals surface area contributed by atoms with E-state index in [2.05, 4.69) is 0 Å². The van der Waals surface area contributed by atoms with Crippen molar-refractivity contribution in [2.24, 2.45) is 0 Å². The maximum absolute atomic E-state index is 9.34. The van der Waals surface area contributed by atoms with Crippen LogP contribution in [-0.4, -0.2) is 14.5 Å². The topological polar surface area (TPSA) is 30.7 Å². The standard InChI is InChI=1S/C40H23N3S/c1-2-13-25(14-3-1)36-31-23-22-24-12-4-5-15-26(24)37(31)42-40(41-36)43-32-20-10-8-18-29(32)34-27-16-6-7-17-28(27)35-30-19-9-11-21-33(30)44-39(35)38(34)43/h1-23H/i6D,7D,9D,10D,11D,16D,17D,18D,19D,20D,21D. The SMILES string of the molecule is [2H]c1cc([2H])c2c3c4c([2H])c([2H])c([2H])c([2H])c4c4c(sc5c([2H])c([2H])c([2H])c([2H])c54)c3n(-c3nc(-c4ccccc4)c4ccc5ccccc5c4n3)c2c1[2H]. The summed E-state index contributed by atoms with van der Waals surface area (Å²) in [4.78, 5) is 10.3. The van der Waals surface area contributed by atoms with Crippen molar-refractivity contribution in [3.05, 3.63) is 139 Å². The third-order valence-corrected chi connectivity index (χ3v) is 9.33. The van der Waals surface area contributed by atoms with Crippen LogP contribution in [0.2, 0.25) is 0 Å². The van der Waals surface area contributed by atoms with Gasteiger partial charge in [-0.15, -0.1) is 11.3 Å². The lowest BCUT2D eigenvalue weighted by Crippen LogP contribution is -2.04. The summed E-state index contributed by atoms with van der Waals surface area (Å²) in [6, 6.07) is 18.2. The molecule has 3 aromatic heterocycles. The molecule has 7 aromatic carbocycles. The maximum atomic E-state index is 9.34. The van der Waals surface area contributed by atoms with Crippen LogP contribution in [0.15, 0.2) is 139 Å². The van der Waals surface area contributed by atoms with Crippen LogP contribution in [0.4, 0.5) is 0 Å². The maximum Gasteiger partial charge on any atom is 0.235 e. The van der Waals surface area contributed by atoms with Gasteiger partial charge >= 0.3 is 0 Å². The highest BCUT2D eigenvalue weighted by atomic mass is 32.1. The fourth-order valence-electron chi connectivity index (χ4n) is 6.38. The number of thiophene rings is 1. The zero-order valence-electron chi connectivity index (χ0n) is 33.7. The molecule has 0 fully saturated rings. The van der Waals surface area contributed by atoms with Crippen LogP contribution in [0.3, 0.4) is 0 Å². The highest BCUT2D eigenvalue weighted by molar-refractivity contribution is 7.27. The highest BCUT2D eigenvalue weighted by Crippen LogP contribution is 2.47. The molecule has 0 aliphatic heterocycles. The van der Waals surface area contributed by atoms with Crippen LogP contribution in [-0.2, 0) is 0 Å². The minimum absolute atomic E-state index is 0.0181. The monoisotopic (exact) mass is 588 g/mol. The Morgan fingerprint density at radius 3 is 2.23 bits per heavy atom. The minimum Gasteiger partial charge on any atom is -0.276 e. The van der Waals surface area contributed by atoms with E-state index in [9.17, 15) is 5.48 Å². The van der Waals surface area contributed by atoms with Crippen molar-refractivity contribution in [3.8, 4) is 17.2 Å². The average molecular weight is 589 g/mol. The molecular formula is C40H23N3S. The molecule has 3 nitrogen and oxygen atoms in total. The molecule has 0 unspecified atom stereocenters. The second kappa shape index (κ2) is 8.96. The summed E-state index contributed by atoms with van der Waals surface area (Å²) < 4.78 is 100. The summed E-state index contributed by atoms with van der Waals surface area (Å²) in [5, 5.41) is 3.16. The third-order valence-electron chi connectivity index (χ3n) is 8.21. The number of hydrogen-bond acceptors (Lipinski definition) is 3. The summed E-state index contributed by atoms with van der Waals surface area (Å²) in [5.41, 5.74) is 2.26. The lowest BCUT2D eigenvalue weighted by Gasteiger charge is -2.14. The Labute approximate surface area is 271 Å². The second-order valence-corrected chi connectivity index (χ2v) is 11.5. The number of nitrogens with zero attached hydrogens (tertiary/aromatic N) is 3. The molecule has 0 amide bonds. The van der Waals surface area contributed by atoms with Crippen LogP contribution in [0, 0.1) is 0 Å². The van der Waals surface area contributed by atoms with E-state index < -0.39 is 36.3 Å². The Morgan fingerprint density at radius 1 is 0.568 bits per heavy atom. The van der Waals surface area contributed by atoms with Gasteiger partial charge in [-0.05, 0) is 34.3 Å². The lowest BCUT2D eigenvalue weighted by atomic mass is 9.99. The van der Waals surface area contributed by atoms with Crippen molar-refractivity contribution in [2.45, 2.75) is 0 Å². The van der Waals surface area contributed by atoms with Crippen molar-refractivity contribution < 1.29 is 15.1 Å². The zero-order valence-corrected chi connectivity index (χ0v) is 23.5. The van der Waals surface area contributed by atoms with Gasteiger partial charge in [0.25, 0.3) is 0 Å². The molecule has 3 heterocycles. The van der Waals surface area contributed by atoms with Gasteiger partial charge in [0.15, 0.2) is 0 Å². The van der Waals surface area contributed by atoms with Crippen LogP contribution in [0.1, 0.15) is 15.1 Å². The predicted octanol–water partition coefficient (Wildman–Crippen LogP) is 11.1. The van der Waals surface area contributed by atoms with Crippen molar-refractivity contribution in [1.82, 2.24) is 14.5 Å². The molecule has 0 aliphatic rings. The zero-order chi connectivity index (χ0) is 38.3. The largest absolute Gasteiger partial charge is 0.276 e. The molecule has 0 saturated carbocycles. The van der Waals surface area contributed by atoms with Gasteiger partial charge in [0, 0.05) is 42.6 Å². The number of rotatable bonds is 2. The van der Waals surface area contributed by atoms with E-state index >= 15 is 0 Å². The Hall–Kier alpha value is -5.58. The van der Waals surface area contributed by atoms with E-state index in [0.29, 0.717) is 15.9 Å². The number of aromatic nitrogens is 3. The number of hydrogen-bond donors (Lipinski definition) is 0. The molecule has 10 rings (SSSR count). The molecule has 0 radical (unpaired) electrons. The first-order valence-electron chi connectivity index (χ1n) is 19.4. The number of fused-ring (bicyclic) bond motifs is 13. The first-order chi connectivity index (χ1) is 26.4. The van der Waals surface area contributed by atoms with Gasteiger partial charge in [0.2, 0.25) is 5.95 Å². The van der Waals surface area contributed by atoms with Crippen molar-refractivity contribution in [3.63, 3.8) is 0 Å². The Morgan fingerprint density at radius 2 is 1.34 bits per heavy atom. The van der Waals surface area contributed by atoms with E-state index in [1.807, 2.05) is 66.7 Å². The molecule has 4 heteroatoms. The van der Waals surface area contributed by atoms with Crippen LogP contribution in [0.25, 0.3) is 91.6 Å². The normalized spacial score (nSPS) is 15.6. The molecule has 0 spiro atoms. The smallest absolute Gasteiger partial charge is 0.235 e. The summed E-state index contributed by atoms with van der Waals surface area (Å²) in [5.74, 6) is 0.0692. The molecule has 0 bridgehead atoms. The quantitative estimate of drug-likeness (QED) is 0.188. The lowest BCUT2D eigenvalue weighted by molar-refractivity contribution is 1.02. The Kier molecular flexibility index (Phi) is 3.21. The predicted molar refractivity (Wildman–Crippen MR) is 187 cm³/mol. The summed E-state index contributed by atoms with van der Waals surface area (Å²) >= 11 is 1.03. The van der Waals surface area contributed by atoms with Gasteiger partial charge in [0.05, 0.1) is 42.0 Å². The van der Waals surface area contributed by atoms with E-state index in [1.165, 1.54) is 6.07 Å². The van der Waals surface area contributed by atoms with Crippen LogP contribution < -0.4 is 0 Å². The molecule has 0 atom stereocenters. The fourth-order valence-corrected chi connectivity index (χ4v) is 7.54. The second-order valence-electron chi connectivity index (χ2n) is 10.5. The van der Waals surface area contributed by atoms with Crippen molar-refractivity contribution >= 4 is 85.8 Å². The Bertz CT molecular complexity index is 3400. The van der Waals surface area contributed by atoms with E-state index in [1.54, 1.807) is 4.57 Å². The molecule has 0 aliphatic carbocycles. The minimum atomic E-state index is -0.532. The van der Waals surface area contributed by atoms with E-state index in [4.69, 9.17) is 19.6 Å². The molecule has 0 N–H and O–H groups in total.